The fourth-order valence-electron chi connectivity index (χ4n) is 1.63. The summed E-state index contributed by atoms with van der Waals surface area (Å²) in [6, 6.07) is 9.74. The lowest BCUT2D eigenvalue weighted by Gasteiger charge is -2.20. The second-order valence-corrected chi connectivity index (χ2v) is 5.70. The van der Waals surface area contributed by atoms with Crippen molar-refractivity contribution in [3.8, 4) is 0 Å². The molecule has 0 spiro atoms. The first kappa shape index (κ1) is 13.7. The molecule has 90 valence electrons. The lowest BCUT2D eigenvalue weighted by atomic mass is 10.1. The molecule has 1 rings (SSSR count). The molecule has 0 bridgehead atoms. The molecule has 0 aromatic heterocycles. The Hall–Kier alpha value is -0.390. The molecule has 0 saturated heterocycles. The molecule has 0 heterocycles. The molecule has 1 aromatic carbocycles. The molecule has 0 N–H and O–H groups in total. The van der Waals surface area contributed by atoms with Crippen LogP contribution in [0.25, 0.3) is 0 Å². The average molecular weight is 237 g/mol. The summed E-state index contributed by atoms with van der Waals surface area (Å²) in [6.45, 7) is 7.91. The van der Waals surface area contributed by atoms with Gasteiger partial charge < -0.3 is 4.90 Å². The molecule has 16 heavy (non-hydrogen) atoms. The molecule has 0 aliphatic heterocycles. The molecular weight excluding hydrogens is 213 g/mol. The van der Waals surface area contributed by atoms with Crippen LogP contribution in [0.15, 0.2) is 24.3 Å². The van der Waals surface area contributed by atoms with Gasteiger partial charge in [-0.3, -0.25) is 0 Å². The van der Waals surface area contributed by atoms with Gasteiger partial charge in [0, 0.05) is 6.04 Å². The first-order valence-corrected chi connectivity index (χ1v) is 7.60. The first-order valence-electron chi connectivity index (χ1n) is 6.10. The quantitative estimate of drug-likeness (QED) is 0.688. The van der Waals surface area contributed by atoms with Crippen LogP contribution < -0.4 is 5.30 Å². The Morgan fingerprint density at radius 1 is 1.19 bits per heavy atom. The first-order chi connectivity index (χ1) is 7.63. The maximum Gasteiger partial charge on any atom is 0.00355 e. The van der Waals surface area contributed by atoms with Crippen molar-refractivity contribution in [3.63, 3.8) is 0 Å². The van der Waals surface area contributed by atoms with E-state index < -0.39 is 0 Å². The minimum absolute atomic E-state index is 0.656. The summed E-state index contributed by atoms with van der Waals surface area (Å²) in [6.07, 6.45) is 2.45. The van der Waals surface area contributed by atoms with E-state index in [2.05, 4.69) is 56.7 Å². The number of nitrogens with zero attached hydrogens (tertiary/aromatic N) is 1. The fourth-order valence-corrected chi connectivity index (χ4v) is 2.13. The van der Waals surface area contributed by atoms with Gasteiger partial charge in [0.1, 0.15) is 0 Å². The predicted molar refractivity (Wildman–Crippen MR) is 76.4 cm³/mol. The maximum atomic E-state index is 2.40. The molecule has 0 saturated carbocycles. The third-order valence-corrected chi connectivity index (χ3v) is 4.01. The van der Waals surface area contributed by atoms with Crippen molar-refractivity contribution in [2.24, 2.45) is 0 Å². The zero-order valence-electron chi connectivity index (χ0n) is 11.0. The summed E-state index contributed by atoms with van der Waals surface area (Å²) in [4.78, 5) is 2.40. The standard InChI is InChI=1S/C14H24NP/c1-12(2)15(3)11-5-6-13-7-9-14(16-4)10-8-13/h7-10,12,16H,5-6,11H2,1-4H3. The predicted octanol–water partition coefficient (Wildman–Crippen LogP) is 2.89. The van der Waals surface area contributed by atoms with Crippen LogP contribution in [-0.4, -0.2) is 31.2 Å². The highest BCUT2D eigenvalue weighted by atomic mass is 31.1. The zero-order valence-corrected chi connectivity index (χ0v) is 12.0. The Balaban J connectivity index is 2.31. The van der Waals surface area contributed by atoms with Crippen molar-refractivity contribution in [2.45, 2.75) is 32.7 Å². The number of rotatable bonds is 6. The van der Waals surface area contributed by atoms with E-state index in [1.54, 1.807) is 0 Å². The fraction of sp³-hybridized carbons (Fsp3) is 0.571. The minimum Gasteiger partial charge on any atom is -0.304 e. The summed E-state index contributed by atoms with van der Waals surface area (Å²) >= 11 is 0. The van der Waals surface area contributed by atoms with Gasteiger partial charge in [-0.25, -0.2) is 0 Å². The van der Waals surface area contributed by atoms with E-state index in [1.807, 2.05) is 0 Å². The van der Waals surface area contributed by atoms with Gasteiger partial charge in [0.2, 0.25) is 0 Å². The molecule has 0 aliphatic carbocycles. The van der Waals surface area contributed by atoms with E-state index in [1.165, 1.54) is 30.3 Å². The molecule has 0 fully saturated rings. The van der Waals surface area contributed by atoms with Crippen LogP contribution in [0, 0.1) is 0 Å². The normalized spacial score (nSPS) is 12.1. The SMILES string of the molecule is CPc1ccc(CCCN(C)C(C)C)cc1. The van der Waals surface area contributed by atoms with Crippen LogP contribution in [0.3, 0.4) is 0 Å². The molecule has 0 amide bonds. The molecule has 0 aliphatic rings. The topological polar surface area (TPSA) is 3.24 Å². The van der Waals surface area contributed by atoms with Crippen molar-refractivity contribution >= 4 is 13.9 Å². The largest absolute Gasteiger partial charge is 0.304 e. The molecule has 1 nitrogen and oxygen atoms in total. The van der Waals surface area contributed by atoms with Gasteiger partial charge in [0.05, 0.1) is 0 Å². The van der Waals surface area contributed by atoms with Crippen molar-refractivity contribution in [1.29, 1.82) is 0 Å². The minimum atomic E-state index is 0.656. The Bertz CT molecular complexity index is 292. The molecule has 1 aromatic rings. The Labute approximate surface area is 102 Å². The van der Waals surface area contributed by atoms with Crippen molar-refractivity contribution in [2.75, 3.05) is 20.3 Å². The van der Waals surface area contributed by atoms with Gasteiger partial charge in [-0.1, -0.05) is 32.8 Å². The van der Waals surface area contributed by atoms with Crippen LogP contribution in [-0.2, 0) is 6.42 Å². The van der Waals surface area contributed by atoms with E-state index in [0.717, 1.165) is 8.58 Å². The second kappa shape index (κ2) is 7.04. The third-order valence-electron chi connectivity index (χ3n) is 3.10. The van der Waals surface area contributed by atoms with E-state index >= 15 is 0 Å². The van der Waals surface area contributed by atoms with Gasteiger partial charge in [-0.15, -0.1) is 0 Å². The monoisotopic (exact) mass is 237 g/mol. The number of benzene rings is 1. The van der Waals surface area contributed by atoms with E-state index in [-0.39, 0.29) is 0 Å². The molecular formula is C14H24NP. The van der Waals surface area contributed by atoms with Gasteiger partial charge in [0.25, 0.3) is 0 Å². The lowest BCUT2D eigenvalue weighted by Crippen LogP contribution is -2.27. The van der Waals surface area contributed by atoms with Gasteiger partial charge in [-0.05, 0) is 57.8 Å². The third kappa shape index (κ3) is 4.63. The average Bonchev–Trinajstić information content (AvgIpc) is 2.29. The van der Waals surface area contributed by atoms with Crippen molar-refractivity contribution in [1.82, 2.24) is 4.90 Å². The van der Waals surface area contributed by atoms with E-state index in [9.17, 15) is 0 Å². The summed E-state index contributed by atoms with van der Waals surface area (Å²) in [5.74, 6) is 0. The maximum absolute atomic E-state index is 2.40. The van der Waals surface area contributed by atoms with E-state index in [4.69, 9.17) is 0 Å². The van der Waals surface area contributed by atoms with Crippen molar-refractivity contribution in [3.05, 3.63) is 29.8 Å². The van der Waals surface area contributed by atoms with Crippen LogP contribution in [0.4, 0.5) is 0 Å². The molecule has 0 radical (unpaired) electrons. The molecule has 1 unspecified atom stereocenters. The summed E-state index contributed by atoms with van der Waals surface area (Å²) in [5, 5.41) is 1.46. The van der Waals surface area contributed by atoms with Gasteiger partial charge in [-0.2, -0.15) is 0 Å². The van der Waals surface area contributed by atoms with Crippen LogP contribution in [0.2, 0.25) is 0 Å². The zero-order chi connectivity index (χ0) is 12.0. The highest BCUT2D eigenvalue weighted by Crippen LogP contribution is 2.08. The highest BCUT2D eigenvalue weighted by Gasteiger charge is 2.02. The number of aryl methyl sites for hydroxylation is 1. The highest BCUT2D eigenvalue weighted by molar-refractivity contribution is 7.46. The Morgan fingerprint density at radius 3 is 2.31 bits per heavy atom. The van der Waals surface area contributed by atoms with Gasteiger partial charge in [0.15, 0.2) is 0 Å². The summed E-state index contributed by atoms with van der Waals surface area (Å²) < 4.78 is 0. The van der Waals surface area contributed by atoms with Crippen LogP contribution >= 0.6 is 8.58 Å². The van der Waals surface area contributed by atoms with E-state index in [0.29, 0.717) is 6.04 Å². The Kier molecular flexibility index (Phi) is 6.01. The van der Waals surface area contributed by atoms with Crippen molar-refractivity contribution < 1.29 is 0 Å². The van der Waals surface area contributed by atoms with Gasteiger partial charge >= 0.3 is 0 Å². The molecule has 1 atom stereocenters. The molecule has 2 heteroatoms. The van der Waals surface area contributed by atoms with Crippen LogP contribution in [0.1, 0.15) is 25.8 Å². The lowest BCUT2D eigenvalue weighted by molar-refractivity contribution is 0.271. The number of hydrogen-bond donors (Lipinski definition) is 0. The second-order valence-electron chi connectivity index (χ2n) is 4.62. The smallest absolute Gasteiger partial charge is 0.00355 e. The summed E-state index contributed by atoms with van der Waals surface area (Å²) in [7, 11) is 3.11. The summed E-state index contributed by atoms with van der Waals surface area (Å²) in [5.41, 5.74) is 1.47. The Morgan fingerprint density at radius 2 is 1.81 bits per heavy atom. The van der Waals surface area contributed by atoms with Crippen LogP contribution in [0.5, 0.6) is 0 Å². The number of hydrogen-bond acceptors (Lipinski definition) is 1.